The van der Waals surface area contributed by atoms with E-state index in [9.17, 15) is 20.1 Å². The number of aromatic hydroxyl groups is 3. The summed E-state index contributed by atoms with van der Waals surface area (Å²) >= 11 is 0. The SMILES string of the molecule is COc1c(O)c(CC=C(C)C)c2oc3cc(O)c(CC=C(C)C)c(O)c3c(=O)c2c1CC=C(C)CCC=C(C)C. The van der Waals surface area contributed by atoms with Crippen molar-refractivity contribution in [3.05, 3.63) is 79.6 Å². The molecule has 3 N–H and O–H groups in total. The van der Waals surface area contributed by atoms with Gasteiger partial charge in [-0.3, -0.25) is 4.79 Å². The van der Waals surface area contributed by atoms with Crippen LogP contribution in [0.2, 0.25) is 0 Å². The first kappa shape index (κ1) is 30.6. The van der Waals surface area contributed by atoms with E-state index >= 15 is 0 Å². The molecule has 0 fully saturated rings. The van der Waals surface area contributed by atoms with Gasteiger partial charge in [0, 0.05) is 22.8 Å². The van der Waals surface area contributed by atoms with Crippen LogP contribution in [0.15, 0.2) is 61.9 Å². The number of phenolic OH excluding ortho intramolecular Hbond substituents is 3. The lowest BCUT2D eigenvalue weighted by Crippen LogP contribution is -2.10. The molecule has 3 aromatic rings. The molecule has 0 saturated carbocycles. The van der Waals surface area contributed by atoms with Crippen LogP contribution in [0, 0.1) is 0 Å². The first-order valence-electron chi connectivity index (χ1n) is 13.7. The maximum Gasteiger partial charge on any atom is 0.204 e. The van der Waals surface area contributed by atoms with Crippen LogP contribution in [0.3, 0.4) is 0 Å². The summed E-state index contributed by atoms with van der Waals surface area (Å²) in [5.41, 5.74) is 5.45. The van der Waals surface area contributed by atoms with Crippen molar-refractivity contribution in [1.29, 1.82) is 0 Å². The lowest BCUT2D eigenvalue weighted by molar-refractivity contribution is 0.368. The number of methoxy groups -OCH3 is 1. The highest BCUT2D eigenvalue weighted by atomic mass is 16.5. The summed E-state index contributed by atoms with van der Waals surface area (Å²) in [4.78, 5) is 14.2. The first-order valence-corrected chi connectivity index (χ1v) is 13.7. The fourth-order valence-corrected chi connectivity index (χ4v) is 4.73. The molecule has 0 bridgehead atoms. The van der Waals surface area contributed by atoms with E-state index in [1.165, 1.54) is 18.7 Å². The molecule has 0 aliphatic rings. The molecule has 0 spiro atoms. The Hall–Kier alpha value is -3.93. The van der Waals surface area contributed by atoms with Crippen LogP contribution >= 0.6 is 0 Å². The smallest absolute Gasteiger partial charge is 0.204 e. The molecule has 214 valence electrons. The van der Waals surface area contributed by atoms with Crippen molar-refractivity contribution in [2.24, 2.45) is 0 Å². The summed E-state index contributed by atoms with van der Waals surface area (Å²) in [6.45, 7) is 13.9. The number of rotatable bonds is 10. The second-order valence-corrected chi connectivity index (χ2v) is 11.1. The van der Waals surface area contributed by atoms with Gasteiger partial charge < -0.3 is 24.5 Å². The Morgan fingerprint density at radius 1 is 0.775 bits per heavy atom. The zero-order chi connectivity index (χ0) is 29.7. The lowest BCUT2D eigenvalue weighted by atomic mass is 9.94. The quantitative estimate of drug-likeness (QED) is 0.175. The van der Waals surface area contributed by atoms with Crippen molar-refractivity contribution in [2.75, 3.05) is 7.11 Å². The standard InChI is InChI=1S/C34H42O6/c1-19(2)10-9-11-22(7)14-17-24-28-32(38)29-27(18-26(35)23(30(29)36)15-12-20(3)4)40-33(28)25(16-13-21(5)6)31(37)34(24)39-8/h10,12-14,18,35-37H,9,11,15-17H2,1-8H3. The summed E-state index contributed by atoms with van der Waals surface area (Å²) in [5, 5.41) is 33.5. The molecular weight excluding hydrogens is 504 g/mol. The molecule has 6 nitrogen and oxygen atoms in total. The second kappa shape index (κ2) is 12.9. The number of benzene rings is 2. The van der Waals surface area contributed by atoms with Crippen molar-refractivity contribution in [2.45, 2.75) is 80.6 Å². The lowest BCUT2D eigenvalue weighted by Gasteiger charge is -2.18. The third-order valence-corrected chi connectivity index (χ3v) is 6.97. The molecule has 0 aliphatic heterocycles. The van der Waals surface area contributed by atoms with Gasteiger partial charge in [-0.05, 0) is 80.6 Å². The van der Waals surface area contributed by atoms with E-state index in [-0.39, 0.29) is 56.9 Å². The number of fused-ring (bicyclic) bond motifs is 2. The van der Waals surface area contributed by atoms with E-state index in [1.807, 2.05) is 52.8 Å². The van der Waals surface area contributed by atoms with Gasteiger partial charge in [0.2, 0.25) is 5.43 Å². The van der Waals surface area contributed by atoms with E-state index in [0.717, 1.165) is 29.6 Å². The van der Waals surface area contributed by atoms with Crippen molar-refractivity contribution in [1.82, 2.24) is 0 Å². The van der Waals surface area contributed by atoms with Crippen LogP contribution in [-0.4, -0.2) is 22.4 Å². The van der Waals surface area contributed by atoms with E-state index in [2.05, 4.69) is 19.9 Å². The van der Waals surface area contributed by atoms with Crippen molar-refractivity contribution >= 4 is 21.9 Å². The highest BCUT2D eigenvalue weighted by Gasteiger charge is 2.26. The Bertz CT molecular complexity index is 1600. The molecule has 0 saturated heterocycles. The molecule has 1 aromatic heterocycles. The zero-order valence-electron chi connectivity index (χ0n) is 25.0. The number of allylic oxidation sites excluding steroid dienone is 8. The zero-order valence-corrected chi connectivity index (χ0v) is 25.0. The Balaban J connectivity index is 2.40. The van der Waals surface area contributed by atoms with Gasteiger partial charge in [0.05, 0.1) is 12.5 Å². The van der Waals surface area contributed by atoms with Crippen LogP contribution < -0.4 is 10.2 Å². The van der Waals surface area contributed by atoms with Gasteiger partial charge in [-0.1, -0.05) is 46.6 Å². The summed E-state index contributed by atoms with van der Waals surface area (Å²) in [5.74, 6) is -0.342. The Morgan fingerprint density at radius 2 is 1.35 bits per heavy atom. The van der Waals surface area contributed by atoms with Crippen molar-refractivity contribution in [3.63, 3.8) is 0 Å². The van der Waals surface area contributed by atoms with Crippen molar-refractivity contribution < 1.29 is 24.5 Å². The largest absolute Gasteiger partial charge is 0.507 e. The summed E-state index contributed by atoms with van der Waals surface area (Å²) in [7, 11) is 1.47. The van der Waals surface area contributed by atoms with Crippen LogP contribution in [0.1, 0.15) is 78.0 Å². The Labute approximate surface area is 236 Å². The third kappa shape index (κ3) is 6.61. The van der Waals surface area contributed by atoms with Crippen molar-refractivity contribution in [3.8, 4) is 23.0 Å². The minimum atomic E-state index is -0.436. The second-order valence-electron chi connectivity index (χ2n) is 11.1. The number of hydrogen-bond donors (Lipinski definition) is 3. The topological polar surface area (TPSA) is 100 Å². The summed E-state index contributed by atoms with van der Waals surface area (Å²) < 4.78 is 11.9. The molecule has 0 atom stereocenters. The number of ether oxygens (including phenoxy) is 1. The number of phenols is 3. The Kier molecular flexibility index (Phi) is 9.91. The first-order chi connectivity index (χ1) is 18.9. The van der Waals surface area contributed by atoms with Gasteiger partial charge in [-0.2, -0.15) is 0 Å². The predicted molar refractivity (Wildman–Crippen MR) is 164 cm³/mol. The molecular formula is C34H42O6. The fourth-order valence-electron chi connectivity index (χ4n) is 4.73. The molecule has 0 amide bonds. The molecule has 40 heavy (non-hydrogen) atoms. The van der Waals surface area contributed by atoms with Gasteiger partial charge >= 0.3 is 0 Å². The monoisotopic (exact) mass is 546 g/mol. The van der Waals surface area contributed by atoms with Crippen LogP contribution in [0.25, 0.3) is 21.9 Å². The minimum absolute atomic E-state index is 0.00567. The van der Waals surface area contributed by atoms with E-state index in [0.29, 0.717) is 24.0 Å². The highest BCUT2D eigenvalue weighted by molar-refractivity contribution is 5.99. The fraction of sp³-hybridized carbons (Fsp3) is 0.382. The molecule has 2 aromatic carbocycles. The predicted octanol–water partition coefficient (Wildman–Crippen LogP) is 8.32. The van der Waals surface area contributed by atoms with E-state index < -0.39 is 5.43 Å². The van der Waals surface area contributed by atoms with E-state index in [1.54, 1.807) is 0 Å². The summed E-state index contributed by atoms with van der Waals surface area (Å²) in [6, 6.07) is 1.36. The van der Waals surface area contributed by atoms with Gasteiger partial charge in [0.15, 0.2) is 11.5 Å². The summed E-state index contributed by atoms with van der Waals surface area (Å²) in [6.07, 6.45) is 10.7. The van der Waals surface area contributed by atoms with Gasteiger partial charge in [-0.25, -0.2) is 0 Å². The van der Waals surface area contributed by atoms with Crippen LogP contribution in [-0.2, 0) is 19.3 Å². The Morgan fingerprint density at radius 3 is 1.93 bits per heavy atom. The van der Waals surface area contributed by atoms with Crippen LogP contribution in [0.5, 0.6) is 23.0 Å². The van der Waals surface area contributed by atoms with Gasteiger partial charge in [0.1, 0.15) is 28.1 Å². The molecule has 0 aliphatic carbocycles. The minimum Gasteiger partial charge on any atom is -0.507 e. The van der Waals surface area contributed by atoms with Crippen LogP contribution in [0.4, 0.5) is 0 Å². The average Bonchev–Trinajstić information content (AvgIpc) is 2.85. The maximum absolute atomic E-state index is 14.2. The normalized spacial score (nSPS) is 11.6. The maximum atomic E-state index is 14.2. The molecule has 3 rings (SSSR count). The van der Waals surface area contributed by atoms with Gasteiger partial charge in [-0.15, -0.1) is 0 Å². The molecule has 6 heteroatoms. The highest BCUT2D eigenvalue weighted by Crippen LogP contribution is 2.44. The van der Waals surface area contributed by atoms with E-state index in [4.69, 9.17) is 9.15 Å². The number of hydrogen-bond acceptors (Lipinski definition) is 6. The molecule has 0 unspecified atom stereocenters. The van der Waals surface area contributed by atoms with Gasteiger partial charge in [0.25, 0.3) is 0 Å². The third-order valence-electron chi connectivity index (χ3n) is 6.97. The average molecular weight is 547 g/mol. The molecule has 1 heterocycles. The molecule has 0 radical (unpaired) electrons.